The molecule has 0 saturated heterocycles. The summed E-state index contributed by atoms with van der Waals surface area (Å²) in [6.07, 6.45) is 7.19. The second-order valence-corrected chi connectivity index (χ2v) is 8.30. The van der Waals surface area contributed by atoms with E-state index >= 15 is 0 Å². The minimum Gasteiger partial charge on any atom is -0.190 e. The molecule has 1 aromatic heterocycles. The van der Waals surface area contributed by atoms with Crippen LogP contribution >= 0.6 is 0 Å². The number of hydrogen-bond acceptors (Lipinski definition) is 0. The zero-order valence-electron chi connectivity index (χ0n) is 17.7. The number of fused-ring (bicyclic) bond motifs is 3. The molecular weight excluding hydrogens is 314 g/mol. The SMILES string of the molecule is CCCCc1ccc2c(c1)-c1cccc(C)[n+]1C(CC)(CC)C2(C)CC. The average Bonchev–Trinajstić information content (AvgIpc) is 2.67. The van der Waals surface area contributed by atoms with E-state index < -0.39 is 0 Å². The summed E-state index contributed by atoms with van der Waals surface area (Å²) in [5.41, 5.74) is 7.58. The van der Waals surface area contributed by atoms with Crippen molar-refractivity contribution in [2.24, 2.45) is 0 Å². The first-order valence-corrected chi connectivity index (χ1v) is 10.6. The number of benzene rings is 1. The van der Waals surface area contributed by atoms with Crippen molar-refractivity contribution in [2.75, 3.05) is 0 Å². The highest BCUT2D eigenvalue weighted by molar-refractivity contribution is 5.66. The number of nitrogens with zero attached hydrogens (tertiary/aromatic N) is 1. The van der Waals surface area contributed by atoms with E-state index in [1.807, 2.05) is 0 Å². The Bertz CT molecular complexity index is 785. The Kier molecular flexibility index (Phi) is 5.28. The van der Waals surface area contributed by atoms with Crippen molar-refractivity contribution in [3.05, 3.63) is 53.2 Å². The molecule has 0 radical (unpaired) electrons. The molecule has 2 heterocycles. The predicted molar refractivity (Wildman–Crippen MR) is 112 cm³/mol. The van der Waals surface area contributed by atoms with Crippen LogP contribution in [0, 0.1) is 6.92 Å². The van der Waals surface area contributed by atoms with E-state index in [2.05, 4.69) is 82.5 Å². The largest absolute Gasteiger partial charge is 0.213 e. The summed E-state index contributed by atoms with van der Waals surface area (Å²) in [6, 6.07) is 14.2. The highest BCUT2D eigenvalue weighted by Gasteiger charge is 2.58. The molecule has 0 saturated carbocycles. The van der Waals surface area contributed by atoms with Crippen molar-refractivity contribution in [3.8, 4) is 11.3 Å². The molecule has 0 bridgehead atoms. The van der Waals surface area contributed by atoms with Gasteiger partial charge in [-0.05, 0) is 49.4 Å². The maximum Gasteiger partial charge on any atom is 0.213 e. The maximum absolute atomic E-state index is 2.68. The number of hydrogen-bond donors (Lipinski definition) is 0. The second kappa shape index (κ2) is 7.18. The molecule has 0 amide bonds. The van der Waals surface area contributed by atoms with Gasteiger partial charge in [0.15, 0.2) is 11.2 Å². The first-order valence-electron chi connectivity index (χ1n) is 10.6. The molecule has 0 aliphatic carbocycles. The molecule has 2 aromatic rings. The van der Waals surface area contributed by atoms with Crippen LogP contribution in [-0.4, -0.2) is 0 Å². The van der Waals surface area contributed by atoms with Gasteiger partial charge in [-0.15, -0.1) is 0 Å². The number of pyridine rings is 1. The van der Waals surface area contributed by atoms with Crippen LogP contribution in [-0.2, 0) is 17.4 Å². The number of aryl methyl sites for hydroxylation is 2. The standard InChI is InChI=1S/C25H36N/c1-7-11-14-20-16-17-22-21(18-20)23-15-12-13-19(5)26(23)25(9-3,10-4)24(22,6)8-2/h12-13,15-18H,7-11,14H2,1-6H3/q+1. The summed E-state index contributed by atoms with van der Waals surface area (Å²) in [5.74, 6) is 0. The number of aromatic nitrogens is 1. The van der Waals surface area contributed by atoms with E-state index in [4.69, 9.17) is 0 Å². The Morgan fingerprint density at radius 3 is 2.27 bits per heavy atom. The van der Waals surface area contributed by atoms with Gasteiger partial charge in [0.2, 0.25) is 5.69 Å². The van der Waals surface area contributed by atoms with Gasteiger partial charge in [-0.2, -0.15) is 4.57 Å². The molecule has 1 atom stereocenters. The van der Waals surface area contributed by atoms with Crippen molar-refractivity contribution >= 4 is 0 Å². The summed E-state index contributed by atoms with van der Waals surface area (Å²) in [7, 11) is 0. The molecule has 1 aliphatic rings. The fourth-order valence-corrected chi connectivity index (χ4v) is 5.58. The van der Waals surface area contributed by atoms with Crippen LogP contribution in [0.1, 0.15) is 83.5 Å². The Labute approximate surface area is 160 Å². The Hall–Kier alpha value is -1.63. The van der Waals surface area contributed by atoms with Gasteiger partial charge < -0.3 is 0 Å². The Balaban J connectivity index is 2.34. The lowest BCUT2D eigenvalue weighted by molar-refractivity contribution is -0.774. The lowest BCUT2D eigenvalue weighted by Crippen LogP contribution is -2.70. The molecule has 1 aliphatic heterocycles. The third-order valence-electron chi connectivity index (χ3n) is 7.29. The van der Waals surface area contributed by atoms with E-state index in [0.717, 1.165) is 19.3 Å². The number of unbranched alkanes of at least 4 members (excludes halogenated alkanes) is 1. The van der Waals surface area contributed by atoms with Gasteiger partial charge in [0.1, 0.15) is 0 Å². The van der Waals surface area contributed by atoms with Crippen molar-refractivity contribution in [3.63, 3.8) is 0 Å². The molecule has 1 heteroatoms. The zero-order valence-corrected chi connectivity index (χ0v) is 17.7. The van der Waals surface area contributed by atoms with Gasteiger partial charge in [0.25, 0.3) is 0 Å². The molecule has 0 fully saturated rings. The van der Waals surface area contributed by atoms with Crippen molar-refractivity contribution in [1.29, 1.82) is 0 Å². The predicted octanol–water partition coefficient (Wildman–Crippen LogP) is 6.49. The Morgan fingerprint density at radius 2 is 1.65 bits per heavy atom. The molecule has 26 heavy (non-hydrogen) atoms. The second-order valence-electron chi connectivity index (χ2n) is 8.30. The van der Waals surface area contributed by atoms with E-state index in [9.17, 15) is 0 Å². The van der Waals surface area contributed by atoms with Crippen LogP contribution < -0.4 is 4.57 Å². The van der Waals surface area contributed by atoms with Crippen molar-refractivity contribution < 1.29 is 4.57 Å². The first kappa shape index (κ1) is 19.1. The highest BCUT2D eigenvalue weighted by Crippen LogP contribution is 2.51. The van der Waals surface area contributed by atoms with E-state index in [1.54, 1.807) is 5.56 Å². The zero-order chi connectivity index (χ0) is 18.9. The summed E-state index contributed by atoms with van der Waals surface area (Å²) < 4.78 is 2.68. The molecule has 1 aromatic carbocycles. The molecule has 3 rings (SSSR count). The molecule has 0 spiro atoms. The van der Waals surface area contributed by atoms with Crippen LogP contribution in [0.4, 0.5) is 0 Å². The van der Waals surface area contributed by atoms with Crippen LogP contribution in [0.2, 0.25) is 0 Å². The lowest BCUT2D eigenvalue weighted by atomic mass is 9.58. The molecule has 1 unspecified atom stereocenters. The summed E-state index contributed by atoms with van der Waals surface area (Å²) >= 11 is 0. The molecule has 0 N–H and O–H groups in total. The molecular formula is C25H36N+. The smallest absolute Gasteiger partial charge is 0.190 e. The van der Waals surface area contributed by atoms with Gasteiger partial charge in [-0.3, -0.25) is 0 Å². The summed E-state index contributed by atoms with van der Waals surface area (Å²) in [6.45, 7) is 14.2. The average molecular weight is 351 g/mol. The summed E-state index contributed by atoms with van der Waals surface area (Å²) in [5, 5.41) is 0. The lowest BCUT2D eigenvalue weighted by Gasteiger charge is -2.48. The highest BCUT2D eigenvalue weighted by atomic mass is 15.1. The van der Waals surface area contributed by atoms with Gasteiger partial charge in [0, 0.05) is 31.9 Å². The number of rotatable bonds is 6. The monoisotopic (exact) mass is 350 g/mol. The third-order valence-corrected chi connectivity index (χ3v) is 7.29. The van der Waals surface area contributed by atoms with E-state index in [0.29, 0.717) is 0 Å². The first-order chi connectivity index (χ1) is 12.5. The normalized spacial score (nSPS) is 20.5. The van der Waals surface area contributed by atoms with Crippen LogP contribution in [0.5, 0.6) is 0 Å². The fraction of sp³-hybridized carbons (Fsp3) is 0.560. The van der Waals surface area contributed by atoms with E-state index in [-0.39, 0.29) is 11.0 Å². The van der Waals surface area contributed by atoms with Gasteiger partial charge in [-0.25, -0.2) is 0 Å². The fourth-order valence-electron chi connectivity index (χ4n) is 5.58. The van der Waals surface area contributed by atoms with Crippen molar-refractivity contribution in [2.45, 2.75) is 91.0 Å². The van der Waals surface area contributed by atoms with E-state index in [1.165, 1.54) is 41.8 Å². The van der Waals surface area contributed by atoms with Crippen molar-refractivity contribution in [1.82, 2.24) is 0 Å². The van der Waals surface area contributed by atoms with Crippen LogP contribution in [0.3, 0.4) is 0 Å². The third kappa shape index (κ3) is 2.54. The van der Waals surface area contributed by atoms with Crippen LogP contribution in [0.15, 0.2) is 36.4 Å². The Morgan fingerprint density at radius 1 is 0.923 bits per heavy atom. The minimum atomic E-state index is 0.139. The van der Waals surface area contributed by atoms with Gasteiger partial charge in [-0.1, -0.05) is 46.2 Å². The van der Waals surface area contributed by atoms with Crippen LogP contribution in [0.25, 0.3) is 11.3 Å². The minimum absolute atomic E-state index is 0.139. The topological polar surface area (TPSA) is 3.88 Å². The summed E-state index contributed by atoms with van der Waals surface area (Å²) in [4.78, 5) is 0. The molecule has 140 valence electrons. The quantitative estimate of drug-likeness (QED) is 0.524. The van der Waals surface area contributed by atoms with Gasteiger partial charge >= 0.3 is 0 Å². The molecule has 1 nitrogen and oxygen atoms in total. The van der Waals surface area contributed by atoms with Gasteiger partial charge in [0.05, 0.1) is 11.0 Å². The maximum atomic E-state index is 2.68.